The van der Waals surface area contributed by atoms with E-state index in [4.69, 9.17) is 14.9 Å². The highest BCUT2D eigenvalue weighted by molar-refractivity contribution is 5.89. The lowest BCUT2D eigenvalue weighted by atomic mass is 9.95. The fraction of sp³-hybridized carbons (Fsp3) is 0.412. The number of fused-ring (bicyclic) bond motifs is 2. The lowest BCUT2D eigenvalue weighted by Gasteiger charge is -2.24. The van der Waals surface area contributed by atoms with Gasteiger partial charge in [-0.2, -0.15) is 0 Å². The maximum atomic E-state index is 9.55. The fourth-order valence-electron chi connectivity index (χ4n) is 2.84. The van der Waals surface area contributed by atoms with Crippen molar-refractivity contribution in [2.45, 2.75) is 19.8 Å². The zero-order valence-electron chi connectivity index (χ0n) is 13.6. The van der Waals surface area contributed by atoms with Crippen molar-refractivity contribution >= 4 is 17.6 Å². The molecule has 0 bridgehead atoms. The Kier molecular flexibility index (Phi) is 6.20. The van der Waals surface area contributed by atoms with Crippen LogP contribution in [-0.2, 0) is 22.4 Å². The molecular formula is C17H22N2O5. The van der Waals surface area contributed by atoms with Gasteiger partial charge in [0.25, 0.3) is 0 Å². The van der Waals surface area contributed by atoms with E-state index >= 15 is 0 Å². The predicted molar refractivity (Wildman–Crippen MR) is 89.9 cm³/mol. The molecular weight excluding hydrogens is 312 g/mol. The van der Waals surface area contributed by atoms with Crippen LogP contribution in [0.25, 0.3) is 0 Å². The maximum absolute atomic E-state index is 9.55. The summed E-state index contributed by atoms with van der Waals surface area (Å²) in [5.74, 6) is -1.47. The second-order valence-electron chi connectivity index (χ2n) is 5.55. The molecule has 2 aliphatic rings. The molecule has 0 aliphatic carbocycles. The van der Waals surface area contributed by atoms with Crippen molar-refractivity contribution in [2.75, 3.05) is 31.6 Å². The van der Waals surface area contributed by atoms with Crippen LogP contribution >= 0.6 is 0 Å². The van der Waals surface area contributed by atoms with Crippen LogP contribution in [0, 0.1) is 6.92 Å². The average Bonchev–Trinajstić information content (AvgIpc) is 2.79. The van der Waals surface area contributed by atoms with Crippen LogP contribution in [0.1, 0.15) is 16.7 Å². The number of carbonyl (C=O) groups is 2. The Morgan fingerprint density at radius 3 is 2.46 bits per heavy atom. The number of hydrogen-bond donors (Lipinski definition) is 4. The first-order chi connectivity index (χ1) is 11.5. The van der Waals surface area contributed by atoms with E-state index in [1.165, 1.54) is 22.4 Å². The summed E-state index contributed by atoms with van der Waals surface area (Å²) in [4.78, 5) is 19.1. The van der Waals surface area contributed by atoms with E-state index in [2.05, 4.69) is 23.6 Å². The molecule has 0 unspecified atom stereocenters. The minimum absolute atomic E-state index is 0.558. The molecule has 0 fully saturated rings. The molecule has 7 heteroatoms. The van der Waals surface area contributed by atoms with Gasteiger partial charge in [-0.1, -0.05) is 0 Å². The molecule has 1 aromatic carbocycles. The molecule has 0 radical (unpaired) electrons. The first-order valence-electron chi connectivity index (χ1n) is 7.85. The van der Waals surface area contributed by atoms with Crippen LogP contribution in [0.2, 0.25) is 0 Å². The second kappa shape index (κ2) is 8.35. The Labute approximate surface area is 140 Å². The number of carboxylic acid groups (broad SMARTS) is 2. The van der Waals surface area contributed by atoms with Gasteiger partial charge in [-0.15, -0.1) is 0 Å². The quantitative estimate of drug-likeness (QED) is 0.602. The first kappa shape index (κ1) is 17.8. The van der Waals surface area contributed by atoms with Crippen molar-refractivity contribution in [3.63, 3.8) is 0 Å². The van der Waals surface area contributed by atoms with E-state index < -0.39 is 11.9 Å². The molecule has 0 saturated heterocycles. The maximum Gasteiger partial charge on any atom is 0.328 e. The second-order valence-corrected chi connectivity index (χ2v) is 5.55. The van der Waals surface area contributed by atoms with Gasteiger partial charge < -0.3 is 25.6 Å². The van der Waals surface area contributed by atoms with Crippen molar-refractivity contribution in [1.82, 2.24) is 5.32 Å². The smallest absolute Gasteiger partial charge is 0.328 e. The number of benzene rings is 1. The zero-order chi connectivity index (χ0) is 17.5. The van der Waals surface area contributed by atoms with Gasteiger partial charge in [-0.05, 0) is 55.6 Å². The van der Waals surface area contributed by atoms with Crippen molar-refractivity contribution < 1.29 is 24.5 Å². The third-order valence-corrected chi connectivity index (χ3v) is 3.92. The van der Waals surface area contributed by atoms with Crippen LogP contribution < -0.4 is 15.4 Å². The number of anilines is 1. The predicted octanol–water partition coefficient (Wildman–Crippen LogP) is 1.20. The monoisotopic (exact) mass is 334 g/mol. The molecule has 3 rings (SSSR count). The summed E-state index contributed by atoms with van der Waals surface area (Å²) in [6.07, 6.45) is 3.37. The van der Waals surface area contributed by atoms with E-state index in [0.717, 1.165) is 44.8 Å². The third-order valence-electron chi connectivity index (χ3n) is 3.92. The number of rotatable bonds is 2. The Morgan fingerprint density at radius 2 is 1.79 bits per heavy atom. The lowest BCUT2D eigenvalue weighted by Crippen LogP contribution is -2.20. The summed E-state index contributed by atoms with van der Waals surface area (Å²) in [6.45, 7) is 6.09. The molecule has 130 valence electrons. The summed E-state index contributed by atoms with van der Waals surface area (Å²) >= 11 is 0. The summed E-state index contributed by atoms with van der Waals surface area (Å²) in [6, 6.07) is 2.23. The third kappa shape index (κ3) is 4.73. The Balaban J connectivity index is 0.000000224. The van der Waals surface area contributed by atoms with Crippen LogP contribution in [-0.4, -0.2) is 48.4 Å². The van der Waals surface area contributed by atoms with E-state index in [-0.39, 0.29) is 0 Å². The van der Waals surface area contributed by atoms with Gasteiger partial charge in [0, 0.05) is 18.7 Å². The Bertz CT molecular complexity index is 639. The highest BCUT2D eigenvalue weighted by Crippen LogP contribution is 2.36. The largest absolute Gasteiger partial charge is 0.490 e. The fourth-order valence-corrected chi connectivity index (χ4v) is 2.84. The Morgan fingerprint density at radius 1 is 1.12 bits per heavy atom. The number of aliphatic carboxylic acids is 2. The van der Waals surface area contributed by atoms with Crippen molar-refractivity contribution in [1.29, 1.82) is 0 Å². The molecule has 0 aromatic heterocycles. The normalized spacial score (nSPS) is 15.7. The topological polar surface area (TPSA) is 108 Å². The summed E-state index contributed by atoms with van der Waals surface area (Å²) in [5, 5.41) is 22.5. The first-order valence-corrected chi connectivity index (χ1v) is 7.85. The van der Waals surface area contributed by atoms with Gasteiger partial charge >= 0.3 is 11.9 Å². The molecule has 0 spiro atoms. The molecule has 4 N–H and O–H groups in total. The zero-order valence-corrected chi connectivity index (χ0v) is 13.6. The van der Waals surface area contributed by atoms with Crippen molar-refractivity contribution in [3.8, 4) is 5.75 Å². The van der Waals surface area contributed by atoms with Crippen LogP contribution in [0.5, 0.6) is 5.75 Å². The van der Waals surface area contributed by atoms with Crippen LogP contribution in [0.15, 0.2) is 18.2 Å². The summed E-state index contributed by atoms with van der Waals surface area (Å²) in [5.41, 5.74) is 5.58. The van der Waals surface area contributed by atoms with Gasteiger partial charge in [0.1, 0.15) is 12.4 Å². The molecule has 1 aromatic rings. The highest BCUT2D eigenvalue weighted by Gasteiger charge is 2.19. The number of carboxylic acids is 2. The Hall–Kier alpha value is -2.54. The molecule has 0 atom stereocenters. The molecule has 0 saturated carbocycles. The van der Waals surface area contributed by atoms with Crippen LogP contribution in [0.4, 0.5) is 5.69 Å². The minimum atomic E-state index is -1.26. The molecule has 0 amide bonds. The molecule has 2 aliphatic heterocycles. The van der Waals surface area contributed by atoms with Crippen molar-refractivity contribution in [2.24, 2.45) is 0 Å². The highest BCUT2D eigenvalue weighted by atomic mass is 16.5. The van der Waals surface area contributed by atoms with Crippen LogP contribution in [0.3, 0.4) is 0 Å². The average molecular weight is 334 g/mol. The lowest BCUT2D eigenvalue weighted by molar-refractivity contribution is -0.134. The van der Waals surface area contributed by atoms with Gasteiger partial charge in [0.2, 0.25) is 0 Å². The van der Waals surface area contributed by atoms with E-state index in [9.17, 15) is 9.59 Å². The van der Waals surface area contributed by atoms with Crippen molar-refractivity contribution in [3.05, 3.63) is 34.9 Å². The standard InChI is InChI=1S/C13H18N2O.C4H4O4/c1-9-11-3-5-14-4-2-10(11)8-12-13(9)15-6-7-16-12;5-3(6)1-2-4(7)8/h8,14-15H,2-7H2,1H3;1-2H,(H,5,6)(H,7,8)/b;2-1+. The summed E-state index contributed by atoms with van der Waals surface area (Å²) in [7, 11) is 0. The van der Waals surface area contributed by atoms with E-state index in [1.807, 2.05) is 0 Å². The summed E-state index contributed by atoms with van der Waals surface area (Å²) < 4.78 is 5.73. The van der Waals surface area contributed by atoms with E-state index in [0.29, 0.717) is 12.2 Å². The number of nitrogens with one attached hydrogen (secondary N) is 2. The SMILES string of the molecule is Cc1c2c(cc3c1NCCO3)CCNCC2.O=C(O)/C=C/C(=O)O. The van der Waals surface area contributed by atoms with E-state index in [1.54, 1.807) is 0 Å². The van der Waals surface area contributed by atoms with Gasteiger partial charge in [0.05, 0.1) is 5.69 Å². The van der Waals surface area contributed by atoms with Gasteiger partial charge in [-0.25, -0.2) is 9.59 Å². The van der Waals surface area contributed by atoms with Gasteiger partial charge in [0.15, 0.2) is 0 Å². The number of ether oxygens (including phenoxy) is 1. The minimum Gasteiger partial charge on any atom is -0.490 e. The number of hydrogen-bond acceptors (Lipinski definition) is 5. The van der Waals surface area contributed by atoms with Gasteiger partial charge in [-0.3, -0.25) is 0 Å². The molecule has 2 heterocycles. The molecule has 24 heavy (non-hydrogen) atoms. The molecule has 7 nitrogen and oxygen atoms in total.